The highest BCUT2D eigenvalue weighted by molar-refractivity contribution is 9.10. The number of benzene rings is 1. The van der Waals surface area contributed by atoms with E-state index in [1.54, 1.807) is 0 Å². The highest BCUT2D eigenvalue weighted by atomic mass is 79.9. The summed E-state index contributed by atoms with van der Waals surface area (Å²) in [5.41, 5.74) is 8.82. The van der Waals surface area contributed by atoms with Crippen molar-refractivity contribution in [2.75, 3.05) is 6.61 Å². The number of hydrogen-bond acceptors (Lipinski definition) is 3. The molecule has 3 rings (SSSR count). The zero-order valence-corrected chi connectivity index (χ0v) is 12.8. The van der Waals surface area contributed by atoms with Gasteiger partial charge in [-0.15, -0.1) is 0 Å². The molecule has 3 atom stereocenters. The Labute approximate surface area is 122 Å². The van der Waals surface area contributed by atoms with Crippen LogP contribution in [0.25, 0.3) is 0 Å². The minimum atomic E-state index is 0.0487. The van der Waals surface area contributed by atoms with E-state index in [1.165, 1.54) is 11.1 Å². The Hall–Kier alpha value is -0.580. The van der Waals surface area contributed by atoms with E-state index in [2.05, 4.69) is 35.0 Å². The summed E-state index contributed by atoms with van der Waals surface area (Å²) < 4.78 is 12.7. The number of fused-ring (bicyclic) bond motifs is 1. The summed E-state index contributed by atoms with van der Waals surface area (Å²) in [7, 11) is 0. The lowest BCUT2D eigenvalue weighted by Gasteiger charge is -2.20. The summed E-state index contributed by atoms with van der Waals surface area (Å²) in [5.74, 6) is 1.05. The van der Waals surface area contributed by atoms with Gasteiger partial charge < -0.3 is 15.2 Å². The van der Waals surface area contributed by atoms with E-state index in [9.17, 15) is 0 Å². The topological polar surface area (TPSA) is 44.5 Å². The summed E-state index contributed by atoms with van der Waals surface area (Å²) in [6.07, 6.45) is 4.53. The normalized spacial score (nSPS) is 27.1. The van der Waals surface area contributed by atoms with Crippen molar-refractivity contribution in [2.45, 2.75) is 50.9 Å². The van der Waals surface area contributed by atoms with E-state index in [0.717, 1.165) is 42.5 Å². The molecule has 0 aliphatic carbocycles. The van der Waals surface area contributed by atoms with Gasteiger partial charge in [0.05, 0.1) is 18.8 Å². The number of rotatable bonds is 3. The maximum Gasteiger partial charge on any atom is 0.125 e. The predicted molar refractivity (Wildman–Crippen MR) is 78.6 cm³/mol. The van der Waals surface area contributed by atoms with Crippen LogP contribution in [-0.4, -0.2) is 24.9 Å². The SMILES string of the molecule is CC1CCC(C(N)Cc2cc(Br)cc3c2OCC3)O1. The first-order valence-electron chi connectivity index (χ1n) is 6.98. The van der Waals surface area contributed by atoms with Crippen LogP contribution in [0.15, 0.2) is 16.6 Å². The third-order valence-corrected chi connectivity index (χ3v) is 4.48. The summed E-state index contributed by atoms with van der Waals surface area (Å²) >= 11 is 3.57. The lowest BCUT2D eigenvalue weighted by Crippen LogP contribution is -2.36. The summed E-state index contributed by atoms with van der Waals surface area (Å²) in [6.45, 7) is 2.90. The van der Waals surface area contributed by atoms with Crippen molar-refractivity contribution < 1.29 is 9.47 Å². The maximum absolute atomic E-state index is 6.32. The molecule has 1 fully saturated rings. The molecule has 104 valence electrons. The zero-order valence-electron chi connectivity index (χ0n) is 11.2. The molecule has 2 aliphatic heterocycles. The van der Waals surface area contributed by atoms with Crippen LogP contribution in [0.3, 0.4) is 0 Å². The average Bonchev–Trinajstić information content (AvgIpc) is 2.97. The quantitative estimate of drug-likeness (QED) is 0.929. The Morgan fingerprint density at radius 1 is 1.42 bits per heavy atom. The van der Waals surface area contributed by atoms with Crippen molar-refractivity contribution in [2.24, 2.45) is 5.73 Å². The summed E-state index contributed by atoms with van der Waals surface area (Å²) in [4.78, 5) is 0. The fourth-order valence-electron chi connectivity index (χ4n) is 3.03. The van der Waals surface area contributed by atoms with E-state index in [0.29, 0.717) is 6.10 Å². The Morgan fingerprint density at radius 3 is 3.00 bits per heavy atom. The smallest absolute Gasteiger partial charge is 0.125 e. The van der Waals surface area contributed by atoms with Crippen molar-refractivity contribution in [3.63, 3.8) is 0 Å². The molecule has 0 amide bonds. The van der Waals surface area contributed by atoms with Gasteiger partial charge in [0, 0.05) is 16.9 Å². The molecule has 19 heavy (non-hydrogen) atoms. The van der Waals surface area contributed by atoms with Gasteiger partial charge in [0.15, 0.2) is 0 Å². The van der Waals surface area contributed by atoms with E-state index >= 15 is 0 Å². The Balaban J connectivity index is 1.76. The van der Waals surface area contributed by atoms with Gasteiger partial charge in [-0.1, -0.05) is 15.9 Å². The molecule has 1 aromatic carbocycles. The molecule has 2 aliphatic rings. The van der Waals surface area contributed by atoms with Crippen LogP contribution >= 0.6 is 15.9 Å². The molecule has 2 heterocycles. The summed E-state index contributed by atoms with van der Waals surface area (Å²) in [6, 6.07) is 4.32. The molecule has 0 aromatic heterocycles. The van der Waals surface area contributed by atoms with Crippen LogP contribution in [0.4, 0.5) is 0 Å². The van der Waals surface area contributed by atoms with Crippen LogP contribution in [0.5, 0.6) is 5.75 Å². The van der Waals surface area contributed by atoms with Gasteiger partial charge in [-0.3, -0.25) is 0 Å². The molecule has 0 bridgehead atoms. The lowest BCUT2D eigenvalue weighted by atomic mass is 9.97. The van der Waals surface area contributed by atoms with Crippen molar-refractivity contribution in [3.8, 4) is 5.75 Å². The standard InChI is InChI=1S/C15H20BrNO2/c1-9-2-3-14(19-9)13(17)8-11-7-12(16)6-10-4-5-18-15(10)11/h6-7,9,13-14H,2-5,8,17H2,1H3. The number of nitrogens with two attached hydrogens (primary N) is 1. The second-order valence-electron chi connectivity index (χ2n) is 5.58. The number of ether oxygens (including phenoxy) is 2. The van der Waals surface area contributed by atoms with Crippen LogP contribution < -0.4 is 10.5 Å². The molecular formula is C15H20BrNO2. The van der Waals surface area contributed by atoms with Crippen LogP contribution in [0.1, 0.15) is 30.9 Å². The van der Waals surface area contributed by atoms with Crippen LogP contribution in [-0.2, 0) is 17.6 Å². The molecule has 1 aromatic rings. The van der Waals surface area contributed by atoms with E-state index in [-0.39, 0.29) is 12.1 Å². The first-order chi connectivity index (χ1) is 9.13. The first kappa shape index (κ1) is 13.4. The fraction of sp³-hybridized carbons (Fsp3) is 0.600. The van der Waals surface area contributed by atoms with Gasteiger partial charge in [-0.05, 0) is 49.4 Å². The highest BCUT2D eigenvalue weighted by Crippen LogP contribution is 2.34. The van der Waals surface area contributed by atoms with E-state index < -0.39 is 0 Å². The van der Waals surface area contributed by atoms with E-state index in [1.807, 2.05) is 0 Å². The molecule has 3 unspecified atom stereocenters. The maximum atomic E-state index is 6.32. The second-order valence-corrected chi connectivity index (χ2v) is 6.50. The fourth-order valence-corrected chi connectivity index (χ4v) is 3.58. The van der Waals surface area contributed by atoms with Gasteiger partial charge in [0.2, 0.25) is 0 Å². The minimum Gasteiger partial charge on any atom is -0.493 e. The molecule has 0 radical (unpaired) electrons. The Bertz CT molecular complexity index is 477. The molecule has 0 saturated carbocycles. The molecule has 4 heteroatoms. The third-order valence-electron chi connectivity index (χ3n) is 4.02. The highest BCUT2D eigenvalue weighted by Gasteiger charge is 2.29. The third kappa shape index (κ3) is 2.81. The summed E-state index contributed by atoms with van der Waals surface area (Å²) in [5, 5.41) is 0. The molecule has 2 N–H and O–H groups in total. The van der Waals surface area contributed by atoms with Gasteiger partial charge >= 0.3 is 0 Å². The van der Waals surface area contributed by atoms with Gasteiger partial charge in [-0.25, -0.2) is 0 Å². The van der Waals surface area contributed by atoms with Gasteiger partial charge in [0.1, 0.15) is 5.75 Å². The molecule has 1 saturated heterocycles. The van der Waals surface area contributed by atoms with Crippen molar-refractivity contribution in [1.82, 2.24) is 0 Å². The number of halogens is 1. The van der Waals surface area contributed by atoms with Gasteiger partial charge in [-0.2, -0.15) is 0 Å². The first-order valence-corrected chi connectivity index (χ1v) is 7.78. The Kier molecular flexibility index (Phi) is 3.83. The average molecular weight is 326 g/mol. The van der Waals surface area contributed by atoms with E-state index in [4.69, 9.17) is 15.2 Å². The van der Waals surface area contributed by atoms with Crippen LogP contribution in [0.2, 0.25) is 0 Å². The lowest BCUT2D eigenvalue weighted by molar-refractivity contribution is 0.0403. The van der Waals surface area contributed by atoms with Crippen molar-refractivity contribution in [1.29, 1.82) is 0 Å². The van der Waals surface area contributed by atoms with Gasteiger partial charge in [0.25, 0.3) is 0 Å². The van der Waals surface area contributed by atoms with Crippen molar-refractivity contribution >= 4 is 15.9 Å². The Morgan fingerprint density at radius 2 is 2.26 bits per heavy atom. The predicted octanol–water partition coefficient (Wildman–Crippen LogP) is 2.82. The second kappa shape index (κ2) is 5.43. The number of hydrogen-bond donors (Lipinski definition) is 1. The largest absolute Gasteiger partial charge is 0.493 e. The van der Waals surface area contributed by atoms with Crippen LogP contribution in [0, 0.1) is 0 Å². The molecular weight excluding hydrogens is 306 g/mol. The molecule has 0 spiro atoms. The van der Waals surface area contributed by atoms with Crippen molar-refractivity contribution in [3.05, 3.63) is 27.7 Å². The zero-order chi connectivity index (χ0) is 13.4. The minimum absolute atomic E-state index is 0.0487. The monoisotopic (exact) mass is 325 g/mol. The molecule has 3 nitrogen and oxygen atoms in total.